The molecule has 154 valence electrons. The number of nitrogens with one attached hydrogen (secondary N) is 2. The third kappa shape index (κ3) is 3.15. The van der Waals surface area contributed by atoms with Crippen molar-refractivity contribution >= 4 is 67.1 Å². The van der Waals surface area contributed by atoms with Crippen molar-refractivity contribution in [2.45, 2.75) is 22.4 Å². The Labute approximate surface area is 182 Å². The molecular formula is C19H15F2N5OS3. The third-order valence-corrected chi connectivity index (χ3v) is 7.42. The number of amides is 1. The van der Waals surface area contributed by atoms with Gasteiger partial charge in [0.2, 0.25) is 5.91 Å². The number of thiazole rings is 1. The maximum absolute atomic E-state index is 15.2. The van der Waals surface area contributed by atoms with E-state index in [0.717, 1.165) is 5.39 Å². The molecule has 2 unspecified atom stereocenters. The normalized spacial score (nSPS) is 18.3. The summed E-state index contributed by atoms with van der Waals surface area (Å²) in [4.78, 5) is 22.7. The third-order valence-electron chi connectivity index (χ3n) is 4.96. The predicted octanol–water partition coefficient (Wildman–Crippen LogP) is 5.11. The summed E-state index contributed by atoms with van der Waals surface area (Å²) in [6.45, 7) is 0. The second-order valence-corrected chi connectivity index (χ2v) is 9.41. The molecule has 0 radical (unpaired) electrons. The van der Waals surface area contributed by atoms with Gasteiger partial charge in [-0.05, 0) is 31.1 Å². The molecule has 1 aliphatic rings. The van der Waals surface area contributed by atoms with Crippen molar-refractivity contribution in [3.05, 3.63) is 24.1 Å². The second-order valence-electron chi connectivity index (χ2n) is 6.80. The summed E-state index contributed by atoms with van der Waals surface area (Å²) in [6, 6.07) is 3.57. The van der Waals surface area contributed by atoms with E-state index in [2.05, 4.69) is 25.5 Å². The molecule has 5 rings (SSSR count). The van der Waals surface area contributed by atoms with Gasteiger partial charge in [0.1, 0.15) is 16.5 Å². The zero-order valence-corrected chi connectivity index (χ0v) is 18.3. The number of benzene rings is 1. The predicted molar refractivity (Wildman–Crippen MR) is 118 cm³/mol. The Morgan fingerprint density at radius 1 is 1.27 bits per heavy atom. The van der Waals surface area contributed by atoms with Crippen LogP contribution in [-0.4, -0.2) is 44.8 Å². The summed E-state index contributed by atoms with van der Waals surface area (Å²) in [6.07, 6.45) is 4.52. The first-order valence-corrected chi connectivity index (χ1v) is 12.3. The molecule has 2 atom stereocenters. The molecule has 0 spiro atoms. The molecule has 2 N–H and O–H groups in total. The van der Waals surface area contributed by atoms with Crippen molar-refractivity contribution in [2.24, 2.45) is 5.92 Å². The number of carbonyl (C=O) groups is 1. The smallest absolute Gasteiger partial charge is 0.232 e. The summed E-state index contributed by atoms with van der Waals surface area (Å²) >= 11 is 3.86. The molecule has 30 heavy (non-hydrogen) atoms. The number of anilines is 1. The topological polar surface area (TPSA) is 83.6 Å². The number of fused-ring (bicyclic) bond motifs is 2. The Bertz CT molecular complexity index is 1300. The minimum atomic E-state index is -1.06. The maximum Gasteiger partial charge on any atom is 0.232 e. The molecule has 0 bridgehead atoms. The minimum absolute atomic E-state index is 0.259. The lowest BCUT2D eigenvalue weighted by atomic mass is 10.1. The van der Waals surface area contributed by atoms with E-state index in [0.29, 0.717) is 42.0 Å². The number of alkyl halides is 1. The standard InChI is InChI=1S/C19H15F2N5OS3/c1-28-15-12(8-6-22-26-14(8)16(29-2)13(15)21)10-3-4-11-18(23-10)30-19(24-11)25-17(27)7-5-9(7)20/h3-4,6-7,9H,5H2,1-2H3,(H,22,26)(H,24,25,27). The van der Waals surface area contributed by atoms with Gasteiger partial charge in [0.05, 0.1) is 33.1 Å². The van der Waals surface area contributed by atoms with Crippen LogP contribution in [-0.2, 0) is 4.79 Å². The number of hydrogen-bond donors (Lipinski definition) is 2. The number of pyridine rings is 1. The number of halogens is 2. The van der Waals surface area contributed by atoms with Crippen molar-refractivity contribution in [1.29, 1.82) is 0 Å². The van der Waals surface area contributed by atoms with Gasteiger partial charge >= 0.3 is 0 Å². The highest BCUT2D eigenvalue weighted by Gasteiger charge is 2.43. The lowest BCUT2D eigenvalue weighted by Crippen LogP contribution is -2.14. The van der Waals surface area contributed by atoms with Gasteiger partial charge in [0, 0.05) is 10.9 Å². The van der Waals surface area contributed by atoms with E-state index in [9.17, 15) is 9.18 Å². The zero-order chi connectivity index (χ0) is 21.0. The Morgan fingerprint density at radius 2 is 2.03 bits per heavy atom. The van der Waals surface area contributed by atoms with Crippen LogP contribution in [0.5, 0.6) is 0 Å². The number of aromatic amines is 1. The van der Waals surface area contributed by atoms with Gasteiger partial charge in [0.25, 0.3) is 0 Å². The summed E-state index contributed by atoms with van der Waals surface area (Å²) in [5.41, 5.74) is 2.51. The highest BCUT2D eigenvalue weighted by molar-refractivity contribution is 7.99. The zero-order valence-electron chi connectivity index (χ0n) is 15.8. The number of aromatic nitrogens is 4. The van der Waals surface area contributed by atoms with Gasteiger partial charge in [-0.1, -0.05) is 11.3 Å². The van der Waals surface area contributed by atoms with Gasteiger partial charge in [-0.2, -0.15) is 5.10 Å². The van der Waals surface area contributed by atoms with Crippen LogP contribution in [0.15, 0.2) is 28.1 Å². The van der Waals surface area contributed by atoms with E-state index in [1.165, 1.54) is 34.9 Å². The first kappa shape index (κ1) is 19.7. The lowest BCUT2D eigenvalue weighted by molar-refractivity contribution is -0.117. The highest BCUT2D eigenvalue weighted by Crippen LogP contribution is 2.43. The molecule has 1 saturated carbocycles. The number of rotatable bonds is 5. The van der Waals surface area contributed by atoms with E-state index >= 15 is 4.39 Å². The fourth-order valence-corrected chi connectivity index (χ4v) is 5.62. The molecule has 1 aromatic carbocycles. The van der Waals surface area contributed by atoms with Gasteiger partial charge in [0.15, 0.2) is 10.9 Å². The number of carbonyl (C=O) groups excluding carboxylic acids is 1. The van der Waals surface area contributed by atoms with E-state index in [4.69, 9.17) is 0 Å². The molecule has 3 heterocycles. The van der Waals surface area contributed by atoms with E-state index < -0.39 is 12.1 Å². The highest BCUT2D eigenvalue weighted by atomic mass is 32.2. The first-order chi connectivity index (χ1) is 14.5. The molecule has 1 aliphatic carbocycles. The van der Waals surface area contributed by atoms with Crippen LogP contribution < -0.4 is 5.32 Å². The van der Waals surface area contributed by atoms with E-state index in [-0.39, 0.29) is 18.1 Å². The summed E-state index contributed by atoms with van der Waals surface area (Å²) in [5, 5.41) is 10.8. The van der Waals surface area contributed by atoms with Crippen LogP contribution >= 0.6 is 34.9 Å². The second kappa shape index (κ2) is 7.47. The maximum atomic E-state index is 15.2. The van der Waals surface area contributed by atoms with Gasteiger partial charge in [-0.3, -0.25) is 9.89 Å². The molecule has 1 amide bonds. The van der Waals surface area contributed by atoms with Gasteiger partial charge in [-0.25, -0.2) is 18.7 Å². The molecule has 3 aromatic heterocycles. The molecular weight excluding hydrogens is 448 g/mol. The summed E-state index contributed by atoms with van der Waals surface area (Å²) < 4.78 is 28.3. The largest absolute Gasteiger partial charge is 0.302 e. The first-order valence-electron chi connectivity index (χ1n) is 9.01. The molecule has 0 aliphatic heterocycles. The van der Waals surface area contributed by atoms with Crippen molar-refractivity contribution in [1.82, 2.24) is 20.2 Å². The average Bonchev–Trinajstić information content (AvgIpc) is 3.12. The van der Waals surface area contributed by atoms with Crippen molar-refractivity contribution in [3.8, 4) is 11.3 Å². The fraction of sp³-hybridized carbons (Fsp3) is 0.263. The lowest BCUT2D eigenvalue weighted by Gasteiger charge is -2.13. The Hall–Kier alpha value is -2.24. The molecule has 0 saturated heterocycles. The Kier molecular flexibility index (Phi) is 4.91. The fourth-order valence-electron chi connectivity index (χ4n) is 3.37. The molecule has 1 fully saturated rings. The molecule has 11 heteroatoms. The van der Waals surface area contributed by atoms with Crippen molar-refractivity contribution < 1.29 is 13.6 Å². The Morgan fingerprint density at radius 3 is 2.73 bits per heavy atom. The van der Waals surface area contributed by atoms with Crippen molar-refractivity contribution in [3.63, 3.8) is 0 Å². The van der Waals surface area contributed by atoms with E-state index in [1.54, 1.807) is 18.3 Å². The van der Waals surface area contributed by atoms with Crippen molar-refractivity contribution in [2.75, 3.05) is 17.8 Å². The van der Waals surface area contributed by atoms with E-state index in [1.807, 2.05) is 12.5 Å². The monoisotopic (exact) mass is 463 g/mol. The number of thioether (sulfide) groups is 2. The average molecular weight is 464 g/mol. The number of hydrogen-bond acceptors (Lipinski definition) is 7. The summed E-state index contributed by atoms with van der Waals surface area (Å²) in [5.74, 6) is -1.25. The molecule has 6 nitrogen and oxygen atoms in total. The minimum Gasteiger partial charge on any atom is -0.302 e. The van der Waals surface area contributed by atoms with Crippen LogP contribution in [0.25, 0.3) is 32.5 Å². The quantitative estimate of drug-likeness (QED) is 0.400. The van der Waals surface area contributed by atoms with Crippen LogP contribution in [0.3, 0.4) is 0 Å². The van der Waals surface area contributed by atoms with Gasteiger partial charge in [-0.15, -0.1) is 23.5 Å². The van der Waals surface area contributed by atoms with Gasteiger partial charge < -0.3 is 5.32 Å². The van der Waals surface area contributed by atoms with Crippen LogP contribution in [0.2, 0.25) is 0 Å². The van der Waals surface area contributed by atoms with Crippen LogP contribution in [0.1, 0.15) is 6.42 Å². The number of H-pyrrole nitrogens is 1. The number of nitrogens with zero attached hydrogens (tertiary/aromatic N) is 3. The van der Waals surface area contributed by atoms with Crippen LogP contribution in [0.4, 0.5) is 13.9 Å². The van der Waals surface area contributed by atoms with Crippen LogP contribution in [0, 0.1) is 11.7 Å². The molecule has 4 aromatic rings. The summed E-state index contributed by atoms with van der Waals surface area (Å²) in [7, 11) is 0. The Balaban J connectivity index is 1.60. The SMILES string of the molecule is CSc1c(F)c(SC)c2[nH]ncc2c1-c1ccc2nc(NC(=O)C3CC3F)sc2n1.